The first kappa shape index (κ1) is 13.3. The number of piperazine rings is 1. The van der Waals surface area contributed by atoms with Crippen LogP contribution in [0.15, 0.2) is 0 Å². The third-order valence-electron chi connectivity index (χ3n) is 4.17. The molecule has 1 heterocycles. The second-order valence-corrected chi connectivity index (χ2v) is 5.51. The lowest BCUT2D eigenvalue weighted by Crippen LogP contribution is -2.48. The van der Waals surface area contributed by atoms with Crippen molar-refractivity contribution in [3.63, 3.8) is 0 Å². The SMILES string of the molecule is NC1CCC(CC(=O)N2CCN(C=O)CC2)CC1. The lowest BCUT2D eigenvalue weighted by Gasteiger charge is -2.34. The van der Waals surface area contributed by atoms with E-state index < -0.39 is 0 Å². The van der Waals surface area contributed by atoms with Gasteiger partial charge in [0.1, 0.15) is 0 Å². The zero-order valence-corrected chi connectivity index (χ0v) is 10.9. The number of nitrogens with two attached hydrogens (primary N) is 1. The van der Waals surface area contributed by atoms with E-state index in [1.54, 1.807) is 4.90 Å². The van der Waals surface area contributed by atoms with Gasteiger partial charge < -0.3 is 15.5 Å². The third-order valence-corrected chi connectivity index (χ3v) is 4.17. The minimum absolute atomic E-state index is 0.251. The normalized spacial score (nSPS) is 29.2. The van der Waals surface area contributed by atoms with Gasteiger partial charge >= 0.3 is 0 Å². The number of carbonyl (C=O) groups is 2. The van der Waals surface area contributed by atoms with E-state index in [0.717, 1.165) is 32.1 Å². The van der Waals surface area contributed by atoms with E-state index in [9.17, 15) is 9.59 Å². The summed E-state index contributed by atoms with van der Waals surface area (Å²) in [4.78, 5) is 26.3. The predicted molar refractivity (Wildman–Crippen MR) is 68.8 cm³/mol. The van der Waals surface area contributed by atoms with Gasteiger partial charge in [-0.15, -0.1) is 0 Å². The first-order valence-electron chi connectivity index (χ1n) is 6.91. The van der Waals surface area contributed by atoms with Crippen LogP contribution in [0.3, 0.4) is 0 Å². The number of hydrogen-bond donors (Lipinski definition) is 1. The van der Waals surface area contributed by atoms with Crippen LogP contribution in [0.4, 0.5) is 0 Å². The molecule has 2 aliphatic rings. The quantitative estimate of drug-likeness (QED) is 0.730. The number of nitrogens with zero attached hydrogens (tertiary/aromatic N) is 2. The molecule has 18 heavy (non-hydrogen) atoms. The standard InChI is InChI=1S/C13H23N3O2/c14-12-3-1-11(2-4-12)9-13(18)16-7-5-15(10-17)6-8-16/h10-12H,1-9,14H2. The van der Waals surface area contributed by atoms with Gasteiger partial charge in [-0.2, -0.15) is 0 Å². The van der Waals surface area contributed by atoms with E-state index in [1.165, 1.54) is 0 Å². The van der Waals surface area contributed by atoms with Gasteiger partial charge in [0.05, 0.1) is 0 Å². The van der Waals surface area contributed by atoms with Crippen molar-refractivity contribution in [2.24, 2.45) is 11.7 Å². The molecule has 5 nitrogen and oxygen atoms in total. The Balaban J connectivity index is 1.73. The highest BCUT2D eigenvalue weighted by molar-refractivity contribution is 5.76. The summed E-state index contributed by atoms with van der Waals surface area (Å²) in [6, 6.07) is 0.340. The van der Waals surface area contributed by atoms with Crippen LogP contribution in [0.5, 0.6) is 0 Å². The fourth-order valence-electron chi connectivity index (χ4n) is 2.85. The number of carbonyl (C=O) groups excluding carboxylic acids is 2. The molecule has 0 aromatic carbocycles. The van der Waals surface area contributed by atoms with E-state index in [1.807, 2.05) is 4.90 Å². The summed E-state index contributed by atoms with van der Waals surface area (Å²) in [5.41, 5.74) is 5.87. The molecular formula is C13H23N3O2. The number of rotatable bonds is 3. The molecule has 1 saturated heterocycles. The minimum atomic E-state index is 0.251. The molecule has 0 aromatic heterocycles. The molecular weight excluding hydrogens is 230 g/mol. The fourth-order valence-corrected chi connectivity index (χ4v) is 2.85. The van der Waals surface area contributed by atoms with Crippen molar-refractivity contribution < 1.29 is 9.59 Å². The van der Waals surface area contributed by atoms with Crippen LogP contribution in [0, 0.1) is 5.92 Å². The molecule has 102 valence electrons. The molecule has 2 rings (SSSR count). The van der Waals surface area contributed by atoms with Crippen molar-refractivity contribution in [1.82, 2.24) is 9.80 Å². The molecule has 2 N–H and O–H groups in total. The average molecular weight is 253 g/mol. The van der Waals surface area contributed by atoms with Gasteiger partial charge in [0.15, 0.2) is 0 Å². The highest BCUT2D eigenvalue weighted by atomic mass is 16.2. The van der Waals surface area contributed by atoms with Gasteiger partial charge in [0.25, 0.3) is 0 Å². The van der Waals surface area contributed by atoms with Crippen molar-refractivity contribution in [2.45, 2.75) is 38.1 Å². The third kappa shape index (κ3) is 3.45. The lowest BCUT2D eigenvalue weighted by atomic mass is 9.84. The Morgan fingerprint density at radius 1 is 1.11 bits per heavy atom. The van der Waals surface area contributed by atoms with E-state index in [0.29, 0.717) is 44.6 Å². The summed E-state index contributed by atoms with van der Waals surface area (Å²) < 4.78 is 0. The summed E-state index contributed by atoms with van der Waals surface area (Å²) in [5, 5.41) is 0. The Kier molecular flexibility index (Phi) is 4.58. The Bertz CT molecular complexity index is 293. The van der Waals surface area contributed by atoms with Crippen molar-refractivity contribution in [1.29, 1.82) is 0 Å². The second kappa shape index (κ2) is 6.18. The zero-order chi connectivity index (χ0) is 13.0. The summed E-state index contributed by atoms with van der Waals surface area (Å²) in [7, 11) is 0. The Labute approximate surface area is 108 Å². The van der Waals surface area contributed by atoms with E-state index >= 15 is 0 Å². The van der Waals surface area contributed by atoms with Crippen LogP contribution in [0.2, 0.25) is 0 Å². The molecule has 0 unspecified atom stereocenters. The Morgan fingerprint density at radius 3 is 2.28 bits per heavy atom. The summed E-state index contributed by atoms with van der Waals surface area (Å²) >= 11 is 0. The molecule has 0 radical (unpaired) electrons. The molecule has 5 heteroatoms. The van der Waals surface area contributed by atoms with Crippen molar-refractivity contribution in [3.8, 4) is 0 Å². The molecule has 0 bridgehead atoms. The first-order chi connectivity index (χ1) is 8.69. The number of amides is 2. The maximum Gasteiger partial charge on any atom is 0.222 e. The van der Waals surface area contributed by atoms with Gasteiger partial charge in [0, 0.05) is 38.6 Å². The van der Waals surface area contributed by atoms with Gasteiger partial charge in [0.2, 0.25) is 12.3 Å². The summed E-state index contributed by atoms with van der Waals surface area (Å²) in [6.07, 6.45) is 5.80. The van der Waals surface area contributed by atoms with Gasteiger partial charge in [-0.3, -0.25) is 9.59 Å². The summed E-state index contributed by atoms with van der Waals surface area (Å²) in [5.74, 6) is 0.766. The van der Waals surface area contributed by atoms with Crippen LogP contribution >= 0.6 is 0 Å². The molecule has 0 atom stereocenters. The first-order valence-corrected chi connectivity index (χ1v) is 6.91. The Hall–Kier alpha value is -1.10. The maximum atomic E-state index is 12.1. The topological polar surface area (TPSA) is 66.6 Å². The molecule has 0 aromatic rings. The van der Waals surface area contributed by atoms with E-state index in [-0.39, 0.29) is 5.91 Å². The Morgan fingerprint density at radius 2 is 1.72 bits per heavy atom. The average Bonchev–Trinajstić information content (AvgIpc) is 2.41. The smallest absolute Gasteiger partial charge is 0.222 e. The monoisotopic (exact) mass is 253 g/mol. The van der Waals surface area contributed by atoms with Crippen LogP contribution in [0.1, 0.15) is 32.1 Å². The maximum absolute atomic E-state index is 12.1. The second-order valence-electron chi connectivity index (χ2n) is 5.51. The van der Waals surface area contributed by atoms with Gasteiger partial charge in [-0.1, -0.05) is 0 Å². The van der Waals surface area contributed by atoms with Crippen LogP contribution in [0.25, 0.3) is 0 Å². The van der Waals surface area contributed by atoms with Crippen LogP contribution in [-0.4, -0.2) is 54.3 Å². The van der Waals surface area contributed by atoms with Crippen molar-refractivity contribution >= 4 is 12.3 Å². The predicted octanol–water partition coefficient (Wildman–Crippen LogP) is 0.195. The molecule has 1 aliphatic heterocycles. The minimum Gasteiger partial charge on any atom is -0.342 e. The molecule has 1 aliphatic carbocycles. The zero-order valence-electron chi connectivity index (χ0n) is 10.9. The molecule has 1 saturated carbocycles. The van der Waals surface area contributed by atoms with E-state index in [2.05, 4.69) is 0 Å². The largest absolute Gasteiger partial charge is 0.342 e. The summed E-state index contributed by atoms with van der Waals surface area (Å²) in [6.45, 7) is 2.71. The van der Waals surface area contributed by atoms with Crippen LogP contribution in [-0.2, 0) is 9.59 Å². The highest BCUT2D eigenvalue weighted by Crippen LogP contribution is 2.26. The highest BCUT2D eigenvalue weighted by Gasteiger charge is 2.25. The number of hydrogen-bond acceptors (Lipinski definition) is 3. The molecule has 2 fully saturated rings. The molecule has 0 spiro atoms. The van der Waals surface area contributed by atoms with Crippen molar-refractivity contribution in [3.05, 3.63) is 0 Å². The van der Waals surface area contributed by atoms with Gasteiger partial charge in [-0.05, 0) is 31.6 Å². The van der Waals surface area contributed by atoms with Gasteiger partial charge in [-0.25, -0.2) is 0 Å². The van der Waals surface area contributed by atoms with Crippen molar-refractivity contribution in [2.75, 3.05) is 26.2 Å². The van der Waals surface area contributed by atoms with Crippen LogP contribution < -0.4 is 5.73 Å². The molecule has 2 amide bonds. The lowest BCUT2D eigenvalue weighted by molar-refractivity contribution is -0.136. The fraction of sp³-hybridized carbons (Fsp3) is 0.846. The van der Waals surface area contributed by atoms with E-state index in [4.69, 9.17) is 5.73 Å².